The van der Waals surface area contributed by atoms with Crippen LogP contribution in [-0.4, -0.2) is 25.5 Å². The molecule has 8 nitrogen and oxygen atoms in total. The Balaban J connectivity index is 1.36. The van der Waals surface area contributed by atoms with Crippen molar-refractivity contribution in [2.45, 2.75) is 6.92 Å². The summed E-state index contributed by atoms with van der Waals surface area (Å²) in [5, 5.41) is 5.07. The van der Waals surface area contributed by atoms with Crippen LogP contribution in [0.2, 0.25) is 5.02 Å². The van der Waals surface area contributed by atoms with Crippen molar-refractivity contribution in [3.8, 4) is 17.2 Å². The molecule has 1 N–H and O–H groups in total. The Labute approximate surface area is 169 Å². The quantitative estimate of drug-likeness (QED) is 0.391. The summed E-state index contributed by atoms with van der Waals surface area (Å²) >= 11 is 6.09. The zero-order valence-electron chi connectivity index (χ0n) is 15.2. The zero-order valence-corrected chi connectivity index (χ0v) is 16.0. The highest BCUT2D eigenvalue weighted by molar-refractivity contribution is 6.32. The second-order valence-electron chi connectivity index (χ2n) is 6.22. The van der Waals surface area contributed by atoms with Crippen molar-refractivity contribution in [3.63, 3.8) is 0 Å². The Bertz CT molecular complexity index is 1190. The molecular formula is C20H15ClN2O6. The molecule has 0 radical (unpaired) electrons. The van der Waals surface area contributed by atoms with Gasteiger partial charge in [0.2, 0.25) is 6.79 Å². The van der Waals surface area contributed by atoms with E-state index in [2.05, 4.69) is 10.5 Å². The summed E-state index contributed by atoms with van der Waals surface area (Å²) < 4.78 is 21.1. The van der Waals surface area contributed by atoms with Crippen molar-refractivity contribution in [1.29, 1.82) is 0 Å². The number of halogens is 1. The number of rotatable bonds is 5. The van der Waals surface area contributed by atoms with Crippen LogP contribution in [0.3, 0.4) is 0 Å². The fraction of sp³-hybridized carbons (Fsp3) is 0.150. The molecule has 0 spiro atoms. The molecule has 9 heteroatoms. The number of benzene rings is 2. The van der Waals surface area contributed by atoms with Crippen LogP contribution in [-0.2, 0) is 4.79 Å². The standard InChI is InChI=1S/C20H15ClN2O6/c1-11-4-19(25)29-16-7-13(2-3-14(11)16)26-9-18(24)23-22-8-12-5-15(21)20-17(6-12)27-10-28-20/h2-8H,9-10H2,1H3,(H,23,24)/b22-8-. The van der Waals surface area contributed by atoms with Gasteiger partial charge in [-0.2, -0.15) is 5.10 Å². The summed E-state index contributed by atoms with van der Waals surface area (Å²) in [4.78, 5) is 23.4. The zero-order chi connectivity index (χ0) is 20.4. The summed E-state index contributed by atoms with van der Waals surface area (Å²) in [6.07, 6.45) is 1.43. The van der Waals surface area contributed by atoms with Crippen molar-refractivity contribution in [1.82, 2.24) is 5.43 Å². The summed E-state index contributed by atoms with van der Waals surface area (Å²) in [6, 6.07) is 9.79. The third-order valence-corrected chi connectivity index (χ3v) is 4.43. The van der Waals surface area contributed by atoms with Crippen molar-refractivity contribution in [3.05, 3.63) is 63.0 Å². The van der Waals surface area contributed by atoms with E-state index in [0.717, 1.165) is 10.9 Å². The molecule has 29 heavy (non-hydrogen) atoms. The molecule has 1 aliphatic heterocycles. The SMILES string of the molecule is Cc1cc(=O)oc2cc(OCC(=O)N/N=C\c3cc(Cl)c4c(c3)OCO4)ccc12. The minimum atomic E-state index is -0.459. The van der Waals surface area contributed by atoms with E-state index >= 15 is 0 Å². The summed E-state index contributed by atoms with van der Waals surface area (Å²) in [5.74, 6) is 0.946. The van der Waals surface area contributed by atoms with Gasteiger partial charge in [-0.25, -0.2) is 10.2 Å². The number of amides is 1. The smallest absolute Gasteiger partial charge is 0.336 e. The van der Waals surface area contributed by atoms with Gasteiger partial charge in [-0.05, 0) is 42.3 Å². The molecule has 2 heterocycles. The van der Waals surface area contributed by atoms with Crippen LogP contribution in [0.15, 0.2) is 50.7 Å². The largest absolute Gasteiger partial charge is 0.484 e. The number of hydrogen-bond acceptors (Lipinski definition) is 7. The van der Waals surface area contributed by atoms with Gasteiger partial charge in [0.05, 0.1) is 11.2 Å². The van der Waals surface area contributed by atoms with Gasteiger partial charge in [-0.15, -0.1) is 0 Å². The Hall–Kier alpha value is -3.52. The molecule has 0 bridgehead atoms. The molecule has 0 saturated heterocycles. The fourth-order valence-electron chi connectivity index (χ4n) is 2.82. The number of hydrazone groups is 1. The van der Waals surface area contributed by atoms with Gasteiger partial charge in [0.25, 0.3) is 5.91 Å². The first kappa shape index (κ1) is 18.8. The maximum atomic E-state index is 11.9. The molecule has 148 valence electrons. The average Bonchev–Trinajstić information content (AvgIpc) is 3.15. The molecular weight excluding hydrogens is 400 g/mol. The minimum absolute atomic E-state index is 0.113. The summed E-state index contributed by atoms with van der Waals surface area (Å²) in [5.41, 5.74) is 3.76. The number of carbonyl (C=O) groups is 1. The van der Waals surface area contributed by atoms with E-state index in [1.165, 1.54) is 12.3 Å². The minimum Gasteiger partial charge on any atom is -0.484 e. The van der Waals surface area contributed by atoms with Crippen molar-refractivity contribution in [2.75, 3.05) is 13.4 Å². The number of ether oxygens (including phenoxy) is 3. The van der Waals surface area contributed by atoms with Gasteiger partial charge in [0, 0.05) is 17.5 Å². The van der Waals surface area contributed by atoms with Gasteiger partial charge in [0.15, 0.2) is 18.1 Å². The highest BCUT2D eigenvalue weighted by Gasteiger charge is 2.17. The van der Waals surface area contributed by atoms with Crippen LogP contribution in [0.4, 0.5) is 0 Å². The number of carbonyl (C=O) groups excluding carboxylic acids is 1. The van der Waals surface area contributed by atoms with Crippen LogP contribution in [0.25, 0.3) is 11.0 Å². The van der Waals surface area contributed by atoms with Gasteiger partial charge in [-0.1, -0.05) is 11.6 Å². The first-order valence-corrected chi connectivity index (χ1v) is 8.96. The predicted octanol–water partition coefficient (Wildman–Crippen LogP) is 3.01. The first-order chi connectivity index (χ1) is 14.0. The van der Waals surface area contributed by atoms with Crippen molar-refractivity contribution < 1.29 is 23.4 Å². The second-order valence-corrected chi connectivity index (χ2v) is 6.63. The number of aryl methyl sites for hydroxylation is 1. The Morgan fingerprint density at radius 2 is 2.14 bits per heavy atom. The van der Waals surface area contributed by atoms with Crippen LogP contribution >= 0.6 is 11.6 Å². The normalized spacial score (nSPS) is 12.5. The molecule has 1 aliphatic rings. The first-order valence-electron chi connectivity index (χ1n) is 8.58. The van der Waals surface area contributed by atoms with E-state index in [-0.39, 0.29) is 13.4 Å². The van der Waals surface area contributed by atoms with Crippen LogP contribution in [0.1, 0.15) is 11.1 Å². The van der Waals surface area contributed by atoms with Crippen molar-refractivity contribution >= 4 is 34.7 Å². The van der Waals surface area contributed by atoms with E-state index in [1.54, 1.807) is 30.3 Å². The van der Waals surface area contributed by atoms with Crippen LogP contribution in [0, 0.1) is 6.92 Å². The lowest BCUT2D eigenvalue weighted by Crippen LogP contribution is -2.24. The van der Waals surface area contributed by atoms with Gasteiger partial charge in [0.1, 0.15) is 11.3 Å². The second kappa shape index (κ2) is 7.84. The van der Waals surface area contributed by atoms with Gasteiger partial charge in [-0.3, -0.25) is 4.79 Å². The Kier molecular flexibility index (Phi) is 5.09. The third kappa shape index (κ3) is 4.17. The summed E-state index contributed by atoms with van der Waals surface area (Å²) in [6.45, 7) is 1.67. The molecule has 1 aromatic heterocycles. The van der Waals surface area contributed by atoms with Crippen LogP contribution in [0.5, 0.6) is 17.2 Å². The molecule has 3 aromatic rings. The third-order valence-electron chi connectivity index (χ3n) is 4.15. The number of nitrogens with zero attached hydrogens (tertiary/aromatic N) is 1. The molecule has 2 aromatic carbocycles. The Morgan fingerprint density at radius 3 is 3.00 bits per heavy atom. The summed E-state index contributed by atoms with van der Waals surface area (Å²) in [7, 11) is 0. The topological polar surface area (TPSA) is 99.4 Å². The van der Waals surface area contributed by atoms with Gasteiger partial charge < -0.3 is 18.6 Å². The highest BCUT2D eigenvalue weighted by Crippen LogP contribution is 2.39. The van der Waals surface area contributed by atoms with E-state index in [0.29, 0.717) is 33.4 Å². The molecule has 0 aliphatic carbocycles. The fourth-order valence-corrected chi connectivity index (χ4v) is 3.09. The molecule has 0 atom stereocenters. The number of hydrogen-bond donors (Lipinski definition) is 1. The molecule has 0 unspecified atom stereocenters. The Morgan fingerprint density at radius 1 is 1.28 bits per heavy atom. The van der Waals surface area contributed by atoms with Crippen LogP contribution < -0.4 is 25.3 Å². The van der Waals surface area contributed by atoms with Gasteiger partial charge >= 0.3 is 5.63 Å². The average molecular weight is 415 g/mol. The van der Waals surface area contributed by atoms with E-state index < -0.39 is 11.5 Å². The van der Waals surface area contributed by atoms with Crippen molar-refractivity contribution in [2.24, 2.45) is 5.10 Å². The molecule has 0 saturated carbocycles. The lowest BCUT2D eigenvalue weighted by Gasteiger charge is -2.07. The van der Waals surface area contributed by atoms with E-state index in [9.17, 15) is 9.59 Å². The predicted molar refractivity (Wildman–Crippen MR) is 106 cm³/mol. The monoisotopic (exact) mass is 414 g/mol. The maximum Gasteiger partial charge on any atom is 0.336 e. The lowest BCUT2D eigenvalue weighted by atomic mass is 10.1. The lowest BCUT2D eigenvalue weighted by molar-refractivity contribution is -0.123. The maximum absolute atomic E-state index is 11.9. The highest BCUT2D eigenvalue weighted by atomic mass is 35.5. The molecule has 0 fully saturated rings. The molecule has 4 rings (SSSR count). The van der Waals surface area contributed by atoms with E-state index in [4.69, 9.17) is 30.2 Å². The number of fused-ring (bicyclic) bond motifs is 2. The molecule has 1 amide bonds. The number of nitrogens with one attached hydrogen (secondary N) is 1. The van der Waals surface area contributed by atoms with E-state index in [1.807, 2.05) is 6.92 Å².